The first kappa shape index (κ1) is 22.7. The summed E-state index contributed by atoms with van der Waals surface area (Å²) in [6, 6.07) is 16.7. The highest BCUT2D eigenvalue weighted by atomic mass is 16.2. The zero-order valence-corrected chi connectivity index (χ0v) is 19.0. The molecule has 0 saturated carbocycles. The van der Waals surface area contributed by atoms with Crippen LogP contribution in [0.4, 0.5) is 0 Å². The number of hydrogen-bond acceptors (Lipinski definition) is 5. The predicted octanol–water partition coefficient (Wildman–Crippen LogP) is 2.83. The monoisotopic (exact) mass is 444 g/mol. The van der Waals surface area contributed by atoms with Crippen LogP contribution in [-0.2, 0) is 6.42 Å². The summed E-state index contributed by atoms with van der Waals surface area (Å²) >= 11 is 0. The summed E-state index contributed by atoms with van der Waals surface area (Å²) in [6.07, 6.45) is 0.586. The van der Waals surface area contributed by atoms with Crippen LogP contribution < -0.4 is 0 Å². The molecule has 0 aliphatic carbocycles. The van der Waals surface area contributed by atoms with Crippen LogP contribution in [0.25, 0.3) is 0 Å². The van der Waals surface area contributed by atoms with Crippen molar-refractivity contribution in [1.82, 2.24) is 14.7 Å². The number of rotatable bonds is 6. The number of amides is 3. The van der Waals surface area contributed by atoms with Gasteiger partial charge in [0, 0.05) is 38.3 Å². The third-order valence-electron chi connectivity index (χ3n) is 6.44. The van der Waals surface area contributed by atoms with Gasteiger partial charge >= 0.3 is 0 Å². The third-order valence-corrected chi connectivity index (χ3v) is 6.44. The first-order valence-electron chi connectivity index (χ1n) is 11.4. The highest BCUT2D eigenvalue weighted by molar-refractivity contribution is 6.22. The Morgan fingerprint density at radius 1 is 0.970 bits per heavy atom. The lowest BCUT2D eigenvalue weighted by Crippen LogP contribution is -2.52. The van der Waals surface area contributed by atoms with Gasteiger partial charge in [0.1, 0.15) is 6.04 Å². The minimum absolute atomic E-state index is 0.154. The van der Waals surface area contributed by atoms with Crippen LogP contribution in [0.1, 0.15) is 50.5 Å². The number of nitrogens with zero attached hydrogens (tertiary/aromatic N) is 4. The number of hydrogen-bond donors (Lipinski definition) is 0. The smallest absolute Gasteiger partial charge is 0.261 e. The molecule has 0 aromatic heterocycles. The molecule has 170 valence electrons. The molecule has 2 aliphatic heterocycles. The molecule has 33 heavy (non-hydrogen) atoms. The molecule has 2 aromatic rings. The first-order chi connectivity index (χ1) is 15.9. The van der Waals surface area contributed by atoms with Gasteiger partial charge in [-0.2, -0.15) is 5.26 Å². The SMILES string of the molecule is CC(C)C(C#N)N1CCN(C(=O)c2ccc3c(c2)C(=O)N(CCc2ccccc2)C3=O)CC1. The number of imide groups is 1. The molecule has 0 spiro atoms. The molecule has 7 nitrogen and oxygen atoms in total. The molecule has 7 heteroatoms. The highest BCUT2D eigenvalue weighted by Gasteiger charge is 2.36. The molecule has 2 aliphatic rings. The van der Waals surface area contributed by atoms with Crippen molar-refractivity contribution in [2.24, 2.45) is 5.92 Å². The second kappa shape index (κ2) is 9.55. The van der Waals surface area contributed by atoms with E-state index in [1.165, 1.54) is 4.90 Å². The Bertz CT molecular complexity index is 1100. The average Bonchev–Trinajstić information content (AvgIpc) is 3.07. The maximum absolute atomic E-state index is 13.1. The van der Waals surface area contributed by atoms with E-state index in [-0.39, 0.29) is 29.7 Å². The summed E-state index contributed by atoms with van der Waals surface area (Å²) in [6.45, 7) is 6.68. The van der Waals surface area contributed by atoms with Crippen LogP contribution in [0.2, 0.25) is 0 Å². The molecule has 1 fully saturated rings. The maximum atomic E-state index is 13.1. The van der Waals surface area contributed by atoms with Gasteiger partial charge in [0.25, 0.3) is 17.7 Å². The van der Waals surface area contributed by atoms with Crippen molar-refractivity contribution in [3.05, 3.63) is 70.8 Å². The molecule has 1 atom stereocenters. The molecule has 4 rings (SSSR count). The van der Waals surface area contributed by atoms with Gasteiger partial charge in [0.05, 0.1) is 17.2 Å². The molecule has 2 heterocycles. The number of fused-ring (bicyclic) bond motifs is 1. The molecular formula is C26H28N4O3. The Hall–Kier alpha value is -3.50. The van der Waals surface area contributed by atoms with Crippen molar-refractivity contribution in [2.45, 2.75) is 26.3 Å². The standard InChI is InChI=1S/C26H28N4O3/c1-18(2)23(17-27)28-12-14-29(15-13-28)24(31)20-8-9-21-22(16-20)26(33)30(25(21)32)11-10-19-6-4-3-5-7-19/h3-9,16,18,23H,10-15H2,1-2H3. The van der Waals surface area contributed by atoms with Gasteiger partial charge in [0.2, 0.25) is 0 Å². The Morgan fingerprint density at radius 3 is 2.27 bits per heavy atom. The Morgan fingerprint density at radius 2 is 1.64 bits per heavy atom. The zero-order valence-electron chi connectivity index (χ0n) is 19.0. The van der Waals surface area contributed by atoms with Gasteiger partial charge in [-0.15, -0.1) is 0 Å². The number of carbonyl (C=O) groups is 3. The molecule has 0 bridgehead atoms. The van der Waals surface area contributed by atoms with Crippen molar-refractivity contribution in [1.29, 1.82) is 5.26 Å². The van der Waals surface area contributed by atoms with E-state index in [9.17, 15) is 19.6 Å². The van der Waals surface area contributed by atoms with E-state index in [2.05, 4.69) is 11.0 Å². The highest BCUT2D eigenvalue weighted by Crippen LogP contribution is 2.25. The Kier molecular flexibility index (Phi) is 6.57. The van der Waals surface area contributed by atoms with Crippen molar-refractivity contribution in [2.75, 3.05) is 32.7 Å². The van der Waals surface area contributed by atoms with Crippen molar-refractivity contribution >= 4 is 17.7 Å². The zero-order chi connectivity index (χ0) is 23.5. The molecular weight excluding hydrogens is 416 g/mol. The normalized spacial score (nSPS) is 17.3. The minimum Gasteiger partial charge on any atom is -0.336 e. The van der Waals surface area contributed by atoms with Gasteiger partial charge in [0.15, 0.2) is 0 Å². The minimum atomic E-state index is -0.348. The van der Waals surface area contributed by atoms with Gasteiger partial charge in [-0.3, -0.25) is 24.2 Å². The van der Waals surface area contributed by atoms with E-state index in [4.69, 9.17) is 0 Å². The van der Waals surface area contributed by atoms with Crippen LogP contribution in [-0.4, -0.2) is 71.2 Å². The Balaban J connectivity index is 1.43. The fraction of sp³-hybridized carbons (Fsp3) is 0.385. The number of piperazine rings is 1. The second-order valence-electron chi connectivity index (χ2n) is 8.90. The van der Waals surface area contributed by atoms with Gasteiger partial charge < -0.3 is 4.90 Å². The fourth-order valence-corrected chi connectivity index (χ4v) is 4.55. The van der Waals surface area contributed by atoms with E-state index in [1.54, 1.807) is 23.1 Å². The summed E-state index contributed by atoms with van der Waals surface area (Å²) < 4.78 is 0. The van der Waals surface area contributed by atoms with Gasteiger partial charge in [-0.1, -0.05) is 44.2 Å². The largest absolute Gasteiger partial charge is 0.336 e. The second-order valence-corrected chi connectivity index (χ2v) is 8.90. The van der Waals surface area contributed by atoms with Crippen molar-refractivity contribution in [3.63, 3.8) is 0 Å². The van der Waals surface area contributed by atoms with Crippen LogP contribution in [0.15, 0.2) is 48.5 Å². The summed E-state index contributed by atoms with van der Waals surface area (Å²) in [7, 11) is 0. The van der Waals surface area contributed by atoms with E-state index < -0.39 is 0 Å². The number of nitriles is 1. The molecule has 0 N–H and O–H groups in total. The van der Waals surface area contributed by atoms with E-state index in [0.29, 0.717) is 55.8 Å². The molecule has 3 amide bonds. The predicted molar refractivity (Wildman–Crippen MR) is 124 cm³/mol. The Labute approximate surface area is 194 Å². The first-order valence-corrected chi connectivity index (χ1v) is 11.4. The van der Waals surface area contributed by atoms with E-state index in [1.807, 2.05) is 44.2 Å². The number of benzene rings is 2. The summed E-state index contributed by atoms with van der Waals surface area (Å²) in [4.78, 5) is 43.9. The molecule has 2 aromatic carbocycles. The fourth-order valence-electron chi connectivity index (χ4n) is 4.55. The van der Waals surface area contributed by atoms with Gasteiger partial charge in [-0.25, -0.2) is 0 Å². The van der Waals surface area contributed by atoms with Crippen LogP contribution in [0.3, 0.4) is 0 Å². The van der Waals surface area contributed by atoms with E-state index in [0.717, 1.165) is 5.56 Å². The topological polar surface area (TPSA) is 84.7 Å². The third kappa shape index (κ3) is 4.53. The summed E-state index contributed by atoms with van der Waals surface area (Å²) in [5, 5.41) is 9.43. The molecule has 1 saturated heterocycles. The lowest BCUT2D eigenvalue weighted by molar-refractivity contribution is 0.0576. The molecule has 1 unspecified atom stereocenters. The summed E-state index contributed by atoms with van der Waals surface area (Å²) in [5.41, 5.74) is 2.11. The quantitative estimate of drug-likeness (QED) is 0.640. The number of carbonyl (C=O) groups excluding carboxylic acids is 3. The van der Waals surface area contributed by atoms with E-state index >= 15 is 0 Å². The van der Waals surface area contributed by atoms with Crippen LogP contribution in [0.5, 0.6) is 0 Å². The lowest BCUT2D eigenvalue weighted by Gasteiger charge is -2.38. The average molecular weight is 445 g/mol. The van der Waals surface area contributed by atoms with Crippen LogP contribution >= 0.6 is 0 Å². The maximum Gasteiger partial charge on any atom is 0.261 e. The van der Waals surface area contributed by atoms with Crippen molar-refractivity contribution in [3.8, 4) is 6.07 Å². The lowest BCUT2D eigenvalue weighted by atomic mass is 10.0. The van der Waals surface area contributed by atoms with Crippen molar-refractivity contribution < 1.29 is 14.4 Å². The van der Waals surface area contributed by atoms with Gasteiger partial charge in [-0.05, 0) is 36.1 Å². The summed E-state index contributed by atoms with van der Waals surface area (Å²) in [5.74, 6) is -0.588. The molecule has 0 radical (unpaired) electrons. The van der Waals surface area contributed by atoms with Crippen LogP contribution in [0, 0.1) is 17.2 Å².